The number of nitrogens with one attached hydrogen (secondary N) is 2. The lowest BCUT2D eigenvalue weighted by molar-refractivity contribution is 0.0951. The van der Waals surface area contributed by atoms with E-state index in [1.54, 1.807) is 18.5 Å². The lowest BCUT2D eigenvalue weighted by atomic mass is 10.1. The minimum Gasteiger partial charge on any atom is -0.383 e. The van der Waals surface area contributed by atoms with Crippen LogP contribution in [0.3, 0.4) is 0 Å². The van der Waals surface area contributed by atoms with Gasteiger partial charge >= 0.3 is 0 Å². The Bertz CT molecular complexity index is 610. The van der Waals surface area contributed by atoms with Crippen molar-refractivity contribution >= 4 is 11.6 Å². The Morgan fingerprint density at radius 2 is 2.05 bits per heavy atom. The van der Waals surface area contributed by atoms with Crippen LogP contribution in [0, 0.1) is 6.92 Å². The first kappa shape index (κ1) is 15.0. The summed E-state index contributed by atoms with van der Waals surface area (Å²) in [5.41, 5.74) is 3.72. The fourth-order valence-corrected chi connectivity index (χ4v) is 2.07. The molecule has 0 saturated carbocycles. The molecule has 0 saturated heterocycles. The van der Waals surface area contributed by atoms with Crippen molar-refractivity contribution in [2.45, 2.75) is 26.8 Å². The number of aryl methyl sites for hydroxylation is 1. The lowest BCUT2D eigenvalue weighted by Gasteiger charge is -2.12. The molecule has 0 aliphatic carbocycles. The topological polar surface area (TPSA) is 54.0 Å². The van der Waals surface area contributed by atoms with Gasteiger partial charge < -0.3 is 10.6 Å². The van der Waals surface area contributed by atoms with Gasteiger partial charge in [-0.05, 0) is 30.5 Å². The number of carbonyl (C=O) groups excluding carboxylic acids is 1. The van der Waals surface area contributed by atoms with Crippen LogP contribution in [0.2, 0.25) is 0 Å². The van der Waals surface area contributed by atoms with Crippen molar-refractivity contribution in [1.29, 1.82) is 0 Å². The van der Waals surface area contributed by atoms with Crippen molar-refractivity contribution in [3.8, 4) is 0 Å². The molecule has 0 atom stereocenters. The zero-order valence-corrected chi connectivity index (χ0v) is 12.5. The van der Waals surface area contributed by atoms with Crippen LogP contribution in [-0.4, -0.2) is 17.4 Å². The van der Waals surface area contributed by atoms with Gasteiger partial charge in [0.15, 0.2) is 0 Å². The van der Waals surface area contributed by atoms with E-state index in [4.69, 9.17) is 0 Å². The van der Waals surface area contributed by atoms with E-state index in [9.17, 15) is 4.79 Å². The lowest BCUT2D eigenvalue weighted by Crippen LogP contribution is -2.24. The van der Waals surface area contributed by atoms with Gasteiger partial charge in [0, 0.05) is 19.3 Å². The molecule has 1 amide bonds. The summed E-state index contributed by atoms with van der Waals surface area (Å²) in [6.45, 7) is 5.48. The molecule has 2 rings (SSSR count). The van der Waals surface area contributed by atoms with Gasteiger partial charge in [0.1, 0.15) is 0 Å². The Balaban J connectivity index is 2.05. The third-order valence-corrected chi connectivity index (χ3v) is 3.33. The summed E-state index contributed by atoms with van der Waals surface area (Å²) >= 11 is 0. The monoisotopic (exact) mass is 283 g/mol. The van der Waals surface area contributed by atoms with Crippen molar-refractivity contribution in [2.24, 2.45) is 0 Å². The van der Waals surface area contributed by atoms with Gasteiger partial charge in [0.25, 0.3) is 5.91 Å². The number of pyridine rings is 1. The van der Waals surface area contributed by atoms with Crippen LogP contribution in [0.4, 0.5) is 5.69 Å². The normalized spacial score (nSPS) is 10.2. The highest BCUT2D eigenvalue weighted by Crippen LogP contribution is 2.14. The van der Waals surface area contributed by atoms with Crippen molar-refractivity contribution in [3.05, 3.63) is 59.4 Å². The Hall–Kier alpha value is -2.36. The van der Waals surface area contributed by atoms with Crippen molar-refractivity contribution < 1.29 is 4.79 Å². The SMILES string of the molecule is CCCNc1cnccc1C(=O)NCc1ccccc1C. The Labute approximate surface area is 125 Å². The highest BCUT2D eigenvalue weighted by atomic mass is 16.1. The molecule has 21 heavy (non-hydrogen) atoms. The van der Waals surface area contributed by atoms with Gasteiger partial charge in [-0.15, -0.1) is 0 Å². The summed E-state index contributed by atoms with van der Waals surface area (Å²) in [5, 5.41) is 6.20. The van der Waals surface area contributed by atoms with Crippen LogP contribution in [0.1, 0.15) is 34.8 Å². The smallest absolute Gasteiger partial charge is 0.253 e. The molecule has 4 nitrogen and oxygen atoms in total. The van der Waals surface area contributed by atoms with Crippen LogP contribution in [0.5, 0.6) is 0 Å². The first-order valence-electron chi connectivity index (χ1n) is 7.23. The summed E-state index contributed by atoms with van der Waals surface area (Å²) in [6.07, 6.45) is 4.33. The Morgan fingerprint density at radius 3 is 2.81 bits per heavy atom. The summed E-state index contributed by atoms with van der Waals surface area (Å²) < 4.78 is 0. The number of hydrogen-bond donors (Lipinski definition) is 2. The number of anilines is 1. The van der Waals surface area contributed by atoms with E-state index in [1.165, 1.54) is 5.56 Å². The van der Waals surface area contributed by atoms with Crippen LogP contribution < -0.4 is 10.6 Å². The molecule has 0 bridgehead atoms. The standard InChI is InChI=1S/C17H21N3O/c1-3-9-19-16-12-18-10-8-15(16)17(21)20-11-14-7-5-4-6-13(14)2/h4-8,10,12,19H,3,9,11H2,1-2H3,(H,20,21). The predicted molar refractivity (Wildman–Crippen MR) is 85.4 cm³/mol. The summed E-state index contributed by atoms with van der Waals surface area (Å²) in [7, 11) is 0. The molecule has 0 unspecified atom stereocenters. The quantitative estimate of drug-likeness (QED) is 0.856. The number of carbonyl (C=O) groups is 1. The van der Waals surface area contributed by atoms with Gasteiger partial charge in [-0.3, -0.25) is 9.78 Å². The van der Waals surface area contributed by atoms with E-state index in [0.29, 0.717) is 12.1 Å². The molecule has 1 heterocycles. The summed E-state index contributed by atoms with van der Waals surface area (Å²) in [5.74, 6) is -0.0840. The molecule has 4 heteroatoms. The van der Waals surface area contributed by atoms with Gasteiger partial charge in [-0.2, -0.15) is 0 Å². The van der Waals surface area contributed by atoms with Gasteiger partial charge in [0.05, 0.1) is 17.4 Å². The maximum absolute atomic E-state index is 12.3. The molecule has 0 spiro atoms. The number of aromatic nitrogens is 1. The maximum Gasteiger partial charge on any atom is 0.253 e. The zero-order valence-electron chi connectivity index (χ0n) is 12.5. The first-order valence-corrected chi connectivity index (χ1v) is 7.23. The number of hydrogen-bond acceptors (Lipinski definition) is 3. The third-order valence-electron chi connectivity index (χ3n) is 3.33. The molecule has 1 aromatic heterocycles. The van der Waals surface area contributed by atoms with Crippen LogP contribution in [0.25, 0.3) is 0 Å². The number of amides is 1. The molecule has 110 valence electrons. The minimum absolute atomic E-state index is 0.0840. The van der Waals surface area contributed by atoms with E-state index in [1.807, 2.05) is 31.2 Å². The molecule has 0 fully saturated rings. The predicted octanol–water partition coefficient (Wildman–Crippen LogP) is 3.14. The molecular formula is C17H21N3O. The maximum atomic E-state index is 12.3. The number of rotatable bonds is 6. The molecule has 1 aromatic carbocycles. The fourth-order valence-electron chi connectivity index (χ4n) is 2.07. The van der Waals surface area contributed by atoms with Crippen LogP contribution in [0.15, 0.2) is 42.7 Å². The van der Waals surface area contributed by atoms with Crippen molar-refractivity contribution in [1.82, 2.24) is 10.3 Å². The highest BCUT2D eigenvalue weighted by Gasteiger charge is 2.11. The second-order valence-corrected chi connectivity index (χ2v) is 4.96. The average molecular weight is 283 g/mol. The Morgan fingerprint density at radius 1 is 1.24 bits per heavy atom. The van der Waals surface area contributed by atoms with Crippen LogP contribution >= 0.6 is 0 Å². The molecule has 2 aromatic rings. The van der Waals surface area contributed by atoms with E-state index in [2.05, 4.69) is 22.5 Å². The summed E-state index contributed by atoms with van der Waals surface area (Å²) in [6, 6.07) is 9.79. The molecule has 0 aliphatic rings. The molecular weight excluding hydrogens is 262 g/mol. The van der Waals surface area contributed by atoms with Crippen molar-refractivity contribution in [3.63, 3.8) is 0 Å². The largest absolute Gasteiger partial charge is 0.383 e. The number of benzene rings is 1. The van der Waals surface area contributed by atoms with Gasteiger partial charge in [0.2, 0.25) is 0 Å². The van der Waals surface area contributed by atoms with E-state index >= 15 is 0 Å². The van der Waals surface area contributed by atoms with Crippen molar-refractivity contribution in [2.75, 3.05) is 11.9 Å². The molecule has 0 radical (unpaired) electrons. The van der Waals surface area contributed by atoms with Crippen LogP contribution in [-0.2, 0) is 6.54 Å². The third kappa shape index (κ3) is 4.05. The molecule has 0 aliphatic heterocycles. The number of nitrogens with zero attached hydrogens (tertiary/aromatic N) is 1. The second kappa shape index (κ2) is 7.43. The van der Waals surface area contributed by atoms with E-state index in [-0.39, 0.29) is 5.91 Å². The van der Waals surface area contributed by atoms with Gasteiger partial charge in [-0.1, -0.05) is 31.2 Å². The molecule has 2 N–H and O–H groups in total. The zero-order chi connectivity index (χ0) is 15.1. The average Bonchev–Trinajstić information content (AvgIpc) is 2.52. The minimum atomic E-state index is -0.0840. The van der Waals surface area contributed by atoms with Gasteiger partial charge in [-0.25, -0.2) is 0 Å². The second-order valence-electron chi connectivity index (χ2n) is 4.96. The van der Waals surface area contributed by atoms with E-state index in [0.717, 1.165) is 24.2 Å². The summed E-state index contributed by atoms with van der Waals surface area (Å²) in [4.78, 5) is 16.4. The highest BCUT2D eigenvalue weighted by molar-refractivity contribution is 5.99. The Kier molecular flexibility index (Phi) is 5.32. The fraction of sp³-hybridized carbons (Fsp3) is 0.294. The van der Waals surface area contributed by atoms with E-state index < -0.39 is 0 Å². The first-order chi connectivity index (χ1) is 10.2.